The molecule has 7 nitrogen and oxygen atoms in total. The van der Waals surface area contributed by atoms with E-state index in [1.165, 1.54) is 16.4 Å². The fraction of sp³-hybridized carbons (Fsp3) is 0.353. The van der Waals surface area contributed by atoms with Gasteiger partial charge in [-0.15, -0.1) is 0 Å². The zero-order valence-electron chi connectivity index (χ0n) is 13.9. The number of halogens is 1. The average molecular weight is 363 g/mol. The van der Waals surface area contributed by atoms with Gasteiger partial charge in [0.2, 0.25) is 0 Å². The second kappa shape index (κ2) is 7.25. The van der Waals surface area contributed by atoms with Gasteiger partial charge in [-0.1, -0.05) is 23.7 Å². The molecular formula is C17H19ClN4O3. The van der Waals surface area contributed by atoms with E-state index in [1.54, 1.807) is 11.9 Å². The third kappa shape index (κ3) is 3.83. The molecule has 25 heavy (non-hydrogen) atoms. The van der Waals surface area contributed by atoms with E-state index < -0.39 is 5.97 Å². The highest BCUT2D eigenvalue weighted by Gasteiger charge is 2.28. The highest BCUT2D eigenvalue weighted by Crippen LogP contribution is 2.16. The summed E-state index contributed by atoms with van der Waals surface area (Å²) in [5.41, 5.74) is 1.23. The number of hydrogen-bond acceptors (Lipinski definition) is 4. The predicted octanol–water partition coefficient (Wildman–Crippen LogP) is 1.73. The summed E-state index contributed by atoms with van der Waals surface area (Å²) in [6.45, 7) is 3.36. The maximum Gasteiger partial charge on any atom is 0.339 e. The Labute approximate surface area is 150 Å². The van der Waals surface area contributed by atoms with Gasteiger partial charge in [-0.3, -0.25) is 14.4 Å². The summed E-state index contributed by atoms with van der Waals surface area (Å²) >= 11 is 5.90. The Bertz CT molecular complexity index is 780. The lowest BCUT2D eigenvalue weighted by molar-refractivity contribution is 0.0599. The highest BCUT2D eigenvalue weighted by atomic mass is 35.5. The number of hydrogen-bond donors (Lipinski definition) is 1. The molecule has 2 aromatic rings. The van der Waals surface area contributed by atoms with Gasteiger partial charge < -0.3 is 10.0 Å². The molecule has 0 aliphatic carbocycles. The summed E-state index contributed by atoms with van der Waals surface area (Å²) in [5, 5.41) is 13.8. The second-order valence-electron chi connectivity index (χ2n) is 6.03. The minimum Gasteiger partial charge on any atom is -0.478 e. The smallest absolute Gasteiger partial charge is 0.339 e. The standard InChI is InChI=1S/C17H19ClN4O3/c1-20-15(14(10-19-20)17(24)25)16(23)22-8-6-21(7-9-22)11-12-2-4-13(18)5-3-12/h2-5,10H,6-9,11H2,1H3,(H,24,25). The van der Waals surface area contributed by atoms with Gasteiger partial charge in [-0.25, -0.2) is 4.79 Å². The molecule has 3 rings (SSSR count). The van der Waals surface area contributed by atoms with Crippen molar-refractivity contribution < 1.29 is 14.7 Å². The molecular weight excluding hydrogens is 344 g/mol. The second-order valence-corrected chi connectivity index (χ2v) is 6.47. The van der Waals surface area contributed by atoms with Gasteiger partial charge in [0.25, 0.3) is 5.91 Å². The molecule has 8 heteroatoms. The molecule has 0 unspecified atom stereocenters. The molecule has 1 amide bonds. The summed E-state index contributed by atoms with van der Waals surface area (Å²) < 4.78 is 1.33. The van der Waals surface area contributed by atoms with E-state index in [1.807, 2.05) is 24.3 Å². The van der Waals surface area contributed by atoms with Crippen LogP contribution in [-0.4, -0.2) is 62.7 Å². The average Bonchev–Trinajstić information content (AvgIpc) is 2.99. The van der Waals surface area contributed by atoms with Gasteiger partial charge in [0.15, 0.2) is 0 Å². The molecule has 1 aromatic carbocycles. The summed E-state index contributed by atoms with van der Waals surface area (Å²) in [5.74, 6) is -1.43. The van der Waals surface area contributed by atoms with Crippen molar-refractivity contribution in [3.8, 4) is 0 Å². The first kappa shape index (κ1) is 17.4. The van der Waals surface area contributed by atoms with E-state index in [2.05, 4.69) is 10.00 Å². The van der Waals surface area contributed by atoms with Crippen LogP contribution < -0.4 is 0 Å². The number of carboxylic acids is 1. The maximum absolute atomic E-state index is 12.7. The lowest BCUT2D eigenvalue weighted by Gasteiger charge is -2.34. The van der Waals surface area contributed by atoms with Crippen LogP contribution in [0.15, 0.2) is 30.5 Å². The number of benzene rings is 1. The molecule has 1 aliphatic rings. The molecule has 1 aliphatic heterocycles. The van der Waals surface area contributed by atoms with Gasteiger partial charge >= 0.3 is 5.97 Å². The van der Waals surface area contributed by atoms with Crippen LogP contribution >= 0.6 is 11.6 Å². The molecule has 0 radical (unpaired) electrons. The van der Waals surface area contributed by atoms with Crippen molar-refractivity contribution in [2.45, 2.75) is 6.54 Å². The maximum atomic E-state index is 12.7. The fourth-order valence-corrected chi connectivity index (χ4v) is 3.08. The fourth-order valence-electron chi connectivity index (χ4n) is 2.95. The number of carbonyl (C=O) groups excluding carboxylic acids is 1. The van der Waals surface area contributed by atoms with Gasteiger partial charge in [0, 0.05) is 44.8 Å². The van der Waals surface area contributed by atoms with Gasteiger partial charge in [-0.05, 0) is 17.7 Å². The number of carboxylic acid groups (broad SMARTS) is 1. The third-order valence-electron chi connectivity index (χ3n) is 4.35. The molecule has 1 N–H and O–H groups in total. The summed E-state index contributed by atoms with van der Waals surface area (Å²) in [6, 6.07) is 7.72. The summed E-state index contributed by atoms with van der Waals surface area (Å²) in [6.07, 6.45) is 1.21. The highest BCUT2D eigenvalue weighted by molar-refractivity contribution is 6.30. The Morgan fingerprint density at radius 1 is 1.16 bits per heavy atom. The normalized spacial score (nSPS) is 15.4. The van der Waals surface area contributed by atoms with Crippen LogP contribution in [0.3, 0.4) is 0 Å². The van der Waals surface area contributed by atoms with E-state index in [9.17, 15) is 14.7 Å². The number of amides is 1. The number of aryl methyl sites for hydroxylation is 1. The first-order valence-corrected chi connectivity index (χ1v) is 8.35. The summed E-state index contributed by atoms with van der Waals surface area (Å²) in [7, 11) is 1.58. The molecule has 132 valence electrons. The molecule has 1 aromatic heterocycles. The molecule has 0 spiro atoms. The number of aromatic carboxylic acids is 1. The monoisotopic (exact) mass is 362 g/mol. The Hall–Kier alpha value is -2.38. The lowest BCUT2D eigenvalue weighted by atomic mass is 10.1. The number of piperazine rings is 1. The number of nitrogens with zero attached hydrogens (tertiary/aromatic N) is 4. The number of rotatable bonds is 4. The van der Waals surface area contributed by atoms with Gasteiger partial charge in [0.05, 0.1) is 6.20 Å². The van der Waals surface area contributed by atoms with Gasteiger partial charge in [0.1, 0.15) is 11.3 Å². The first-order chi connectivity index (χ1) is 12.0. The van der Waals surface area contributed by atoms with E-state index in [-0.39, 0.29) is 17.2 Å². The van der Waals surface area contributed by atoms with Crippen molar-refractivity contribution in [2.24, 2.45) is 7.05 Å². The Kier molecular flexibility index (Phi) is 5.06. The Morgan fingerprint density at radius 3 is 2.40 bits per heavy atom. The molecule has 0 atom stereocenters. The quantitative estimate of drug-likeness (QED) is 0.896. The van der Waals surface area contributed by atoms with Crippen molar-refractivity contribution in [2.75, 3.05) is 26.2 Å². The zero-order valence-corrected chi connectivity index (χ0v) is 14.6. The van der Waals surface area contributed by atoms with Crippen LogP contribution in [0.1, 0.15) is 26.4 Å². The number of carbonyl (C=O) groups is 2. The SMILES string of the molecule is Cn1ncc(C(=O)O)c1C(=O)N1CCN(Cc2ccc(Cl)cc2)CC1. The van der Waals surface area contributed by atoms with E-state index in [0.29, 0.717) is 18.1 Å². The van der Waals surface area contributed by atoms with E-state index in [0.717, 1.165) is 19.6 Å². The summed E-state index contributed by atoms with van der Waals surface area (Å²) in [4.78, 5) is 27.9. The molecule has 1 fully saturated rings. The topological polar surface area (TPSA) is 78.7 Å². The first-order valence-electron chi connectivity index (χ1n) is 7.97. The predicted molar refractivity (Wildman–Crippen MR) is 92.8 cm³/mol. The Morgan fingerprint density at radius 2 is 1.80 bits per heavy atom. The van der Waals surface area contributed by atoms with Crippen LogP contribution in [0.5, 0.6) is 0 Å². The van der Waals surface area contributed by atoms with Gasteiger partial charge in [-0.2, -0.15) is 5.10 Å². The lowest BCUT2D eigenvalue weighted by Crippen LogP contribution is -2.48. The van der Waals surface area contributed by atoms with Crippen LogP contribution in [0.25, 0.3) is 0 Å². The van der Waals surface area contributed by atoms with Crippen molar-refractivity contribution in [1.29, 1.82) is 0 Å². The van der Waals surface area contributed by atoms with Crippen molar-refractivity contribution in [1.82, 2.24) is 19.6 Å². The van der Waals surface area contributed by atoms with Crippen LogP contribution in [-0.2, 0) is 13.6 Å². The molecule has 0 saturated carbocycles. The van der Waals surface area contributed by atoms with Crippen LogP contribution in [0.2, 0.25) is 5.02 Å². The minimum absolute atomic E-state index is 0.0592. The van der Waals surface area contributed by atoms with Crippen molar-refractivity contribution in [3.05, 3.63) is 52.3 Å². The van der Waals surface area contributed by atoms with E-state index in [4.69, 9.17) is 11.6 Å². The molecule has 0 bridgehead atoms. The Balaban J connectivity index is 1.62. The number of aromatic nitrogens is 2. The van der Waals surface area contributed by atoms with Crippen molar-refractivity contribution >= 4 is 23.5 Å². The van der Waals surface area contributed by atoms with E-state index >= 15 is 0 Å². The largest absolute Gasteiger partial charge is 0.478 e. The molecule has 2 heterocycles. The minimum atomic E-state index is -1.14. The molecule has 1 saturated heterocycles. The van der Waals surface area contributed by atoms with Crippen molar-refractivity contribution in [3.63, 3.8) is 0 Å². The van der Waals surface area contributed by atoms with Crippen LogP contribution in [0.4, 0.5) is 0 Å². The third-order valence-corrected chi connectivity index (χ3v) is 4.60. The zero-order chi connectivity index (χ0) is 18.0. The van der Waals surface area contributed by atoms with Crippen LogP contribution in [0, 0.1) is 0 Å².